The second-order valence-corrected chi connectivity index (χ2v) is 8.99. The summed E-state index contributed by atoms with van der Waals surface area (Å²) in [5, 5.41) is 0. The molecule has 0 aliphatic carbocycles. The lowest BCUT2D eigenvalue weighted by molar-refractivity contribution is 0.968. The molecule has 4 heteroatoms. The van der Waals surface area contributed by atoms with E-state index >= 15 is 0 Å². The van der Waals surface area contributed by atoms with E-state index in [1.165, 1.54) is 28.4 Å². The van der Waals surface area contributed by atoms with Crippen LogP contribution in [-0.2, 0) is 18.6 Å². The van der Waals surface area contributed by atoms with E-state index in [2.05, 4.69) is 74.0 Å². The molecule has 1 atom stereocenters. The SMILES string of the molecule is Brc1ccc(CC(Br)c2cc3c(s2)CCSC3)cc1. The van der Waals surface area contributed by atoms with Gasteiger partial charge in [-0.15, -0.1) is 11.3 Å². The van der Waals surface area contributed by atoms with Crippen LogP contribution in [0.3, 0.4) is 0 Å². The van der Waals surface area contributed by atoms with Crippen LogP contribution in [0.1, 0.15) is 25.7 Å². The lowest BCUT2D eigenvalue weighted by Crippen LogP contribution is -1.96. The third-order valence-electron chi connectivity index (χ3n) is 3.28. The summed E-state index contributed by atoms with van der Waals surface area (Å²) in [6.07, 6.45) is 2.31. The quantitative estimate of drug-likeness (QED) is 0.553. The highest BCUT2D eigenvalue weighted by Crippen LogP contribution is 2.38. The number of benzene rings is 1. The number of hydrogen-bond acceptors (Lipinski definition) is 2. The Balaban J connectivity index is 1.74. The Kier molecular flexibility index (Phi) is 4.73. The number of halogens is 2. The maximum Gasteiger partial charge on any atom is 0.0529 e. The first kappa shape index (κ1) is 14.2. The monoisotopic (exact) mass is 416 g/mol. The minimum absolute atomic E-state index is 0.439. The van der Waals surface area contributed by atoms with Crippen LogP contribution < -0.4 is 0 Å². The Bertz CT molecular complexity index is 537. The summed E-state index contributed by atoms with van der Waals surface area (Å²) in [6, 6.07) is 11.0. The summed E-state index contributed by atoms with van der Waals surface area (Å²) < 4.78 is 1.14. The molecule has 0 bridgehead atoms. The van der Waals surface area contributed by atoms with Gasteiger partial charge >= 0.3 is 0 Å². The van der Waals surface area contributed by atoms with Crippen molar-refractivity contribution in [2.75, 3.05) is 5.75 Å². The van der Waals surface area contributed by atoms with E-state index in [9.17, 15) is 0 Å². The molecule has 1 aliphatic heterocycles. The summed E-state index contributed by atoms with van der Waals surface area (Å²) in [7, 11) is 0. The Labute approximate surface area is 139 Å². The molecule has 0 amide bonds. The van der Waals surface area contributed by atoms with Crippen LogP contribution in [0.4, 0.5) is 0 Å². The summed E-state index contributed by atoms with van der Waals surface area (Å²) in [4.78, 5) is 3.53. The van der Waals surface area contributed by atoms with E-state index in [0.717, 1.165) is 10.9 Å². The summed E-state index contributed by atoms with van der Waals surface area (Å²) in [6.45, 7) is 0. The van der Waals surface area contributed by atoms with Crippen LogP contribution in [0.2, 0.25) is 0 Å². The standard InChI is InChI=1S/C15H14Br2S2/c16-12-3-1-10(2-4-12)7-13(17)15-8-11-9-18-6-5-14(11)19-15/h1-4,8,13H,5-7,9H2. The van der Waals surface area contributed by atoms with Crippen molar-refractivity contribution in [1.82, 2.24) is 0 Å². The van der Waals surface area contributed by atoms with E-state index in [4.69, 9.17) is 0 Å². The van der Waals surface area contributed by atoms with Gasteiger partial charge in [-0.2, -0.15) is 11.8 Å². The summed E-state index contributed by atoms with van der Waals surface area (Å²) in [5.74, 6) is 2.48. The van der Waals surface area contributed by atoms with Gasteiger partial charge in [-0.3, -0.25) is 0 Å². The van der Waals surface area contributed by atoms with Gasteiger partial charge in [-0.05, 0) is 47.9 Å². The third-order valence-corrected chi connectivity index (χ3v) is 7.29. The first-order valence-corrected chi connectivity index (χ1v) is 9.98. The van der Waals surface area contributed by atoms with Crippen molar-refractivity contribution in [3.05, 3.63) is 55.7 Å². The largest absolute Gasteiger partial charge is 0.157 e. The molecule has 100 valence electrons. The fourth-order valence-electron chi connectivity index (χ4n) is 2.25. The first-order valence-electron chi connectivity index (χ1n) is 6.30. The molecule has 0 fully saturated rings. The number of hydrogen-bond donors (Lipinski definition) is 0. The lowest BCUT2D eigenvalue weighted by atomic mass is 10.1. The van der Waals surface area contributed by atoms with E-state index < -0.39 is 0 Å². The number of rotatable bonds is 3. The van der Waals surface area contributed by atoms with E-state index in [1.807, 2.05) is 11.3 Å². The molecule has 1 aromatic carbocycles. The molecule has 0 radical (unpaired) electrons. The zero-order valence-electron chi connectivity index (χ0n) is 10.4. The number of thioether (sulfide) groups is 1. The molecule has 0 saturated heterocycles. The van der Waals surface area contributed by atoms with Gasteiger partial charge in [0.05, 0.1) is 4.83 Å². The second-order valence-electron chi connectivity index (χ2n) is 4.70. The van der Waals surface area contributed by atoms with Gasteiger partial charge in [0.2, 0.25) is 0 Å². The molecule has 2 heterocycles. The zero-order chi connectivity index (χ0) is 13.2. The third kappa shape index (κ3) is 3.46. The highest BCUT2D eigenvalue weighted by Gasteiger charge is 2.17. The van der Waals surface area contributed by atoms with Crippen molar-refractivity contribution >= 4 is 55.0 Å². The highest BCUT2D eigenvalue weighted by atomic mass is 79.9. The number of aryl methyl sites for hydroxylation is 1. The van der Waals surface area contributed by atoms with Crippen LogP contribution in [-0.4, -0.2) is 5.75 Å². The van der Waals surface area contributed by atoms with E-state index in [1.54, 1.807) is 10.4 Å². The van der Waals surface area contributed by atoms with Crippen molar-refractivity contribution < 1.29 is 0 Å². The summed E-state index contributed by atoms with van der Waals surface area (Å²) >= 11 is 11.4. The smallest absolute Gasteiger partial charge is 0.0529 e. The van der Waals surface area contributed by atoms with Crippen molar-refractivity contribution in [3.8, 4) is 0 Å². The van der Waals surface area contributed by atoms with Gasteiger partial charge in [0.25, 0.3) is 0 Å². The second kappa shape index (κ2) is 6.33. The number of fused-ring (bicyclic) bond motifs is 1. The van der Waals surface area contributed by atoms with Gasteiger partial charge in [0.1, 0.15) is 0 Å². The molecule has 0 nitrogen and oxygen atoms in total. The van der Waals surface area contributed by atoms with Crippen molar-refractivity contribution in [1.29, 1.82) is 0 Å². The predicted octanol–water partition coefficient (Wildman–Crippen LogP) is 5.98. The number of alkyl halides is 1. The van der Waals surface area contributed by atoms with Crippen LogP contribution in [0, 0.1) is 0 Å². The van der Waals surface area contributed by atoms with E-state index in [-0.39, 0.29) is 0 Å². The Hall–Kier alpha value is 0.230. The van der Waals surface area contributed by atoms with Crippen LogP contribution >= 0.6 is 55.0 Å². The molecular weight excluding hydrogens is 404 g/mol. The van der Waals surface area contributed by atoms with Crippen molar-refractivity contribution in [2.24, 2.45) is 0 Å². The first-order chi connectivity index (χ1) is 9.22. The predicted molar refractivity (Wildman–Crippen MR) is 93.7 cm³/mol. The molecule has 0 N–H and O–H groups in total. The molecule has 0 saturated carbocycles. The highest BCUT2D eigenvalue weighted by molar-refractivity contribution is 9.10. The molecule has 3 rings (SSSR count). The Morgan fingerprint density at radius 1 is 1.21 bits per heavy atom. The topological polar surface area (TPSA) is 0 Å². The minimum atomic E-state index is 0.439. The fourth-order valence-corrected chi connectivity index (χ4v) is 5.66. The molecule has 1 aliphatic rings. The molecule has 19 heavy (non-hydrogen) atoms. The normalized spacial score (nSPS) is 16.1. The van der Waals surface area contributed by atoms with Gasteiger partial charge in [-0.1, -0.05) is 44.0 Å². The molecular formula is C15H14Br2S2. The maximum absolute atomic E-state index is 3.86. The van der Waals surface area contributed by atoms with Crippen LogP contribution in [0.25, 0.3) is 0 Å². The Morgan fingerprint density at radius 3 is 2.74 bits per heavy atom. The minimum Gasteiger partial charge on any atom is -0.157 e. The van der Waals surface area contributed by atoms with E-state index in [0.29, 0.717) is 4.83 Å². The van der Waals surface area contributed by atoms with Gasteiger partial charge in [-0.25, -0.2) is 0 Å². The number of thiophene rings is 1. The van der Waals surface area contributed by atoms with Crippen molar-refractivity contribution in [2.45, 2.75) is 23.4 Å². The molecule has 1 aromatic heterocycles. The summed E-state index contributed by atoms with van der Waals surface area (Å²) in [5.41, 5.74) is 2.95. The average Bonchev–Trinajstić information content (AvgIpc) is 2.85. The van der Waals surface area contributed by atoms with Crippen LogP contribution in [0.15, 0.2) is 34.8 Å². The maximum atomic E-state index is 3.86. The average molecular weight is 418 g/mol. The molecule has 2 aromatic rings. The molecule has 0 spiro atoms. The fraction of sp³-hybridized carbons (Fsp3) is 0.333. The van der Waals surface area contributed by atoms with Gasteiger partial charge in [0.15, 0.2) is 0 Å². The van der Waals surface area contributed by atoms with Gasteiger partial charge in [0, 0.05) is 20.0 Å². The zero-order valence-corrected chi connectivity index (χ0v) is 15.2. The van der Waals surface area contributed by atoms with Gasteiger partial charge < -0.3 is 0 Å². The molecule has 1 unspecified atom stereocenters. The lowest BCUT2D eigenvalue weighted by Gasteiger charge is -2.08. The van der Waals surface area contributed by atoms with Crippen LogP contribution in [0.5, 0.6) is 0 Å². The van der Waals surface area contributed by atoms with Crippen molar-refractivity contribution in [3.63, 3.8) is 0 Å². The Morgan fingerprint density at radius 2 is 2.00 bits per heavy atom.